The highest BCUT2D eigenvalue weighted by atomic mass is 16.1. The Morgan fingerprint density at radius 1 is 1.30 bits per heavy atom. The first-order valence-electron chi connectivity index (χ1n) is 6.55. The molecule has 0 bridgehead atoms. The van der Waals surface area contributed by atoms with Gasteiger partial charge in [0, 0.05) is 25.7 Å². The van der Waals surface area contributed by atoms with Crippen molar-refractivity contribution in [1.82, 2.24) is 20.1 Å². The van der Waals surface area contributed by atoms with Crippen molar-refractivity contribution in [2.75, 3.05) is 18.4 Å². The summed E-state index contributed by atoms with van der Waals surface area (Å²) in [7, 11) is 1.90. The lowest BCUT2D eigenvalue weighted by molar-refractivity contribution is -0.115. The Balaban J connectivity index is 1.68. The van der Waals surface area contributed by atoms with Crippen molar-refractivity contribution in [1.29, 1.82) is 0 Å². The maximum atomic E-state index is 11.7. The molecule has 0 unspecified atom stereocenters. The number of amides is 1. The smallest absolute Gasteiger partial charge is 0.238 e. The van der Waals surface area contributed by atoms with E-state index in [1.165, 1.54) is 5.56 Å². The Bertz CT molecular complexity index is 561. The minimum atomic E-state index is -0.0492. The van der Waals surface area contributed by atoms with Gasteiger partial charge in [0.1, 0.15) is 12.2 Å². The van der Waals surface area contributed by atoms with Crippen LogP contribution in [0.5, 0.6) is 0 Å². The molecule has 0 radical (unpaired) electrons. The van der Waals surface area contributed by atoms with Gasteiger partial charge in [-0.05, 0) is 19.1 Å². The summed E-state index contributed by atoms with van der Waals surface area (Å²) < 4.78 is 1.87. The van der Waals surface area contributed by atoms with E-state index in [1.807, 2.05) is 42.8 Å². The Morgan fingerprint density at radius 3 is 2.70 bits per heavy atom. The Hall–Kier alpha value is -2.21. The predicted octanol–water partition coefficient (Wildman–Crippen LogP) is 0.894. The van der Waals surface area contributed by atoms with Crippen LogP contribution in [0.2, 0.25) is 0 Å². The summed E-state index contributed by atoms with van der Waals surface area (Å²) in [6.07, 6.45) is 2.41. The minimum Gasteiger partial charge on any atom is -0.325 e. The van der Waals surface area contributed by atoms with Crippen molar-refractivity contribution < 1.29 is 4.79 Å². The van der Waals surface area contributed by atoms with Crippen molar-refractivity contribution in [3.8, 4) is 0 Å². The molecule has 0 fully saturated rings. The second kappa shape index (κ2) is 6.81. The van der Waals surface area contributed by atoms with Gasteiger partial charge in [-0.1, -0.05) is 17.7 Å². The predicted molar refractivity (Wildman–Crippen MR) is 77.4 cm³/mol. The highest BCUT2D eigenvalue weighted by Crippen LogP contribution is 2.07. The fourth-order valence-corrected chi connectivity index (χ4v) is 1.78. The third kappa shape index (κ3) is 4.17. The van der Waals surface area contributed by atoms with Crippen LogP contribution in [0.4, 0.5) is 5.69 Å². The summed E-state index contributed by atoms with van der Waals surface area (Å²) in [5, 5.41) is 13.7. The topological polar surface area (TPSA) is 71.8 Å². The number of hydrogen-bond donors (Lipinski definition) is 2. The third-order valence-electron chi connectivity index (χ3n) is 2.95. The van der Waals surface area contributed by atoms with Gasteiger partial charge >= 0.3 is 0 Å². The van der Waals surface area contributed by atoms with E-state index in [0.717, 1.165) is 17.9 Å². The van der Waals surface area contributed by atoms with Crippen LogP contribution in [0.3, 0.4) is 0 Å². The molecule has 6 heteroatoms. The average Bonchev–Trinajstić information content (AvgIpc) is 2.83. The SMILES string of the molecule is Cc1ccc(NC(=O)CNCCc2nncn2C)cc1. The van der Waals surface area contributed by atoms with E-state index in [4.69, 9.17) is 0 Å². The largest absolute Gasteiger partial charge is 0.325 e. The molecule has 2 rings (SSSR count). The fraction of sp³-hybridized carbons (Fsp3) is 0.357. The Kier molecular flexibility index (Phi) is 4.84. The van der Waals surface area contributed by atoms with E-state index >= 15 is 0 Å². The second-order valence-electron chi connectivity index (χ2n) is 4.70. The maximum Gasteiger partial charge on any atom is 0.238 e. The highest BCUT2D eigenvalue weighted by molar-refractivity contribution is 5.92. The molecule has 1 aromatic heterocycles. The highest BCUT2D eigenvalue weighted by Gasteiger charge is 2.03. The first-order chi connectivity index (χ1) is 9.65. The lowest BCUT2D eigenvalue weighted by Crippen LogP contribution is -2.29. The number of anilines is 1. The van der Waals surface area contributed by atoms with Crippen LogP contribution in [0.1, 0.15) is 11.4 Å². The Morgan fingerprint density at radius 2 is 2.05 bits per heavy atom. The van der Waals surface area contributed by atoms with E-state index in [2.05, 4.69) is 20.8 Å². The molecule has 106 valence electrons. The summed E-state index contributed by atoms with van der Waals surface area (Å²) in [6, 6.07) is 7.73. The van der Waals surface area contributed by atoms with Crippen LogP contribution < -0.4 is 10.6 Å². The monoisotopic (exact) mass is 273 g/mol. The van der Waals surface area contributed by atoms with Crippen molar-refractivity contribution in [3.63, 3.8) is 0 Å². The number of benzene rings is 1. The molecule has 6 nitrogen and oxygen atoms in total. The van der Waals surface area contributed by atoms with Crippen LogP contribution in [-0.2, 0) is 18.3 Å². The molecule has 0 aliphatic rings. The van der Waals surface area contributed by atoms with Crippen LogP contribution in [0.15, 0.2) is 30.6 Å². The van der Waals surface area contributed by atoms with Crippen LogP contribution in [-0.4, -0.2) is 33.8 Å². The third-order valence-corrected chi connectivity index (χ3v) is 2.95. The molecule has 0 saturated heterocycles. The first kappa shape index (κ1) is 14.2. The number of nitrogens with one attached hydrogen (secondary N) is 2. The van der Waals surface area contributed by atoms with Crippen molar-refractivity contribution in [2.24, 2.45) is 7.05 Å². The maximum absolute atomic E-state index is 11.7. The molecule has 1 aromatic carbocycles. The lowest BCUT2D eigenvalue weighted by Gasteiger charge is -2.07. The molecule has 2 N–H and O–H groups in total. The molecule has 0 atom stereocenters. The number of aryl methyl sites for hydroxylation is 2. The van der Waals surface area contributed by atoms with E-state index < -0.39 is 0 Å². The van der Waals surface area contributed by atoms with Gasteiger partial charge in [-0.25, -0.2) is 0 Å². The molecule has 2 aromatic rings. The van der Waals surface area contributed by atoms with Crippen LogP contribution in [0, 0.1) is 6.92 Å². The van der Waals surface area contributed by atoms with E-state index in [0.29, 0.717) is 6.54 Å². The zero-order valence-electron chi connectivity index (χ0n) is 11.8. The summed E-state index contributed by atoms with van der Waals surface area (Å²) in [5.41, 5.74) is 1.99. The zero-order chi connectivity index (χ0) is 14.4. The standard InChI is InChI=1S/C14H19N5O/c1-11-3-5-12(6-4-11)17-14(20)9-15-8-7-13-18-16-10-19(13)2/h3-6,10,15H,7-9H2,1-2H3,(H,17,20). The molecule has 0 saturated carbocycles. The number of aromatic nitrogens is 3. The average molecular weight is 273 g/mol. The van der Waals surface area contributed by atoms with Gasteiger partial charge in [0.15, 0.2) is 0 Å². The van der Waals surface area contributed by atoms with E-state index in [1.54, 1.807) is 6.33 Å². The summed E-state index contributed by atoms with van der Waals surface area (Å²) in [5.74, 6) is 0.850. The quantitative estimate of drug-likeness (QED) is 0.767. The summed E-state index contributed by atoms with van der Waals surface area (Å²) >= 11 is 0. The summed E-state index contributed by atoms with van der Waals surface area (Å²) in [4.78, 5) is 11.7. The number of hydrogen-bond acceptors (Lipinski definition) is 4. The molecular formula is C14H19N5O. The van der Waals surface area contributed by atoms with Gasteiger partial charge in [0.05, 0.1) is 6.54 Å². The normalized spacial score (nSPS) is 10.5. The Labute approximate surface area is 118 Å². The van der Waals surface area contributed by atoms with Crippen LogP contribution >= 0.6 is 0 Å². The van der Waals surface area contributed by atoms with Gasteiger partial charge in [0.2, 0.25) is 5.91 Å². The van der Waals surface area contributed by atoms with Gasteiger partial charge in [0.25, 0.3) is 0 Å². The van der Waals surface area contributed by atoms with Crippen molar-refractivity contribution in [2.45, 2.75) is 13.3 Å². The molecule has 0 spiro atoms. The first-order valence-corrected chi connectivity index (χ1v) is 6.55. The molecule has 0 aliphatic heterocycles. The summed E-state index contributed by atoms with van der Waals surface area (Å²) in [6.45, 7) is 2.99. The van der Waals surface area contributed by atoms with Gasteiger partial charge in [-0.2, -0.15) is 0 Å². The molecule has 0 aliphatic carbocycles. The van der Waals surface area contributed by atoms with E-state index in [9.17, 15) is 4.79 Å². The van der Waals surface area contributed by atoms with Crippen LogP contribution in [0.25, 0.3) is 0 Å². The van der Waals surface area contributed by atoms with Gasteiger partial charge in [-0.3, -0.25) is 4.79 Å². The van der Waals surface area contributed by atoms with Gasteiger partial charge < -0.3 is 15.2 Å². The minimum absolute atomic E-state index is 0.0492. The number of carbonyl (C=O) groups is 1. The van der Waals surface area contributed by atoms with Crippen molar-refractivity contribution >= 4 is 11.6 Å². The lowest BCUT2D eigenvalue weighted by atomic mass is 10.2. The van der Waals surface area contributed by atoms with E-state index in [-0.39, 0.29) is 12.5 Å². The second-order valence-corrected chi connectivity index (χ2v) is 4.70. The fourth-order valence-electron chi connectivity index (χ4n) is 1.78. The van der Waals surface area contributed by atoms with Gasteiger partial charge in [-0.15, -0.1) is 10.2 Å². The molecule has 1 amide bonds. The number of carbonyl (C=O) groups excluding carboxylic acids is 1. The molecule has 1 heterocycles. The number of rotatable bonds is 6. The number of nitrogens with zero attached hydrogens (tertiary/aromatic N) is 3. The van der Waals surface area contributed by atoms with Crippen molar-refractivity contribution in [3.05, 3.63) is 42.0 Å². The molecular weight excluding hydrogens is 254 g/mol. The zero-order valence-corrected chi connectivity index (χ0v) is 11.8. The molecule has 20 heavy (non-hydrogen) atoms.